The van der Waals surface area contributed by atoms with Gasteiger partial charge in [0.1, 0.15) is 0 Å². The Kier molecular flexibility index (Phi) is 5.12. The van der Waals surface area contributed by atoms with Gasteiger partial charge in [0.15, 0.2) is 5.65 Å². The van der Waals surface area contributed by atoms with Crippen molar-refractivity contribution in [3.05, 3.63) is 65.1 Å². The maximum absolute atomic E-state index is 12.4. The number of hydrogen-bond donors (Lipinski definition) is 1. The van der Waals surface area contributed by atoms with Crippen LogP contribution in [0.1, 0.15) is 54.6 Å². The fourth-order valence-corrected chi connectivity index (χ4v) is 4.21. The van der Waals surface area contributed by atoms with Gasteiger partial charge < -0.3 is 5.32 Å². The Morgan fingerprint density at radius 3 is 2.59 bits per heavy atom. The van der Waals surface area contributed by atoms with Crippen LogP contribution in [0.3, 0.4) is 0 Å². The quantitative estimate of drug-likeness (QED) is 0.723. The lowest BCUT2D eigenvalue weighted by Gasteiger charge is -2.32. The van der Waals surface area contributed by atoms with E-state index in [4.69, 9.17) is 11.6 Å². The van der Waals surface area contributed by atoms with E-state index in [1.165, 1.54) is 5.69 Å². The van der Waals surface area contributed by atoms with Crippen molar-refractivity contribution >= 4 is 23.2 Å². The van der Waals surface area contributed by atoms with Gasteiger partial charge in [-0.1, -0.05) is 11.6 Å². The number of halogens is 1. The molecular formula is C21H23ClN4O. The highest BCUT2D eigenvalue weighted by molar-refractivity contribution is 6.30. The van der Waals surface area contributed by atoms with Crippen LogP contribution in [0.25, 0.3) is 5.65 Å². The van der Waals surface area contributed by atoms with Crippen LogP contribution in [0.2, 0.25) is 5.02 Å². The molecule has 2 heterocycles. The van der Waals surface area contributed by atoms with E-state index in [1.54, 1.807) is 30.5 Å². The summed E-state index contributed by atoms with van der Waals surface area (Å²) in [6.07, 6.45) is 8.06. The molecular weight excluding hydrogens is 360 g/mol. The van der Waals surface area contributed by atoms with Gasteiger partial charge in [-0.25, -0.2) is 9.50 Å². The molecule has 0 bridgehead atoms. The summed E-state index contributed by atoms with van der Waals surface area (Å²) in [5.41, 5.74) is 2.79. The van der Waals surface area contributed by atoms with Gasteiger partial charge in [0.2, 0.25) is 0 Å². The number of rotatable bonds is 4. The predicted octanol–water partition coefficient (Wildman–Crippen LogP) is 4.48. The SMILES string of the molecule is C[C@@H](NC(=O)c1ccc(Cl)cc1)C1CCC(c2ccnc3ccnn23)CC1. The van der Waals surface area contributed by atoms with E-state index in [0.717, 1.165) is 31.3 Å². The summed E-state index contributed by atoms with van der Waals surface area (Å²) < 4.78 is 1.96. The maximum Gasteiger partial charge on any atom is 0.251 e. The summed E-state index contributed by atoms with van der Waals surface area (Å²) in [5.74, 6) is 0.951. The van der Waals surface area contributed by atoms with Crippen LogP contribution in [0.4, 0.5) is 0 Å². The summed E-state index contributed by atoms with van der Waals surface area (Å²) in [6, 6.07) is 11.2. The van der Waals surface area contributed by atoms with E-state index >= 15 is 0 Å². The molecule has 5 nitrogen and oxygen atoms in total. The third-order valence-corrected chi connectivity index (χ3v) is 5.93. The molecule has 4 rings (SSSR count). The van der Waals surface area contributed by atoms with Crippen LogP contribution in [0.5, 0.6) is 0 Å². The first-order valence-corrected chi connectivity index (χ1v) is 9.84. The van der Waals surface area contributed by atoms with Gasteiger partial charge in [-0.15, -0.1) is 0 Å². The zero-order valence-electron chi connectivity index (χ0n) is 15.3. The van der Waals surface area contributed by atoms with Crippen molar-refractivity contribution in [1.29, 1.82) is 0 Å². The summed E-state index contributed by atoms with van der Waals surface area (Å²) >= 11 is 5.90. The van der Waals surface area contributed by atoms with Crippen LogP contribution >= 0.6 is 11.6 Å². The molecule has 1 fully saturated rings. The molecule has 140 valence electrons. The average molecular weight is 383 g/mol. The van der Waals surface area contributed by atoms with E-state index in [-0.39, 0.29) is 11.9 Å². The molecule has 0 saturated heterocycles. The fourth-order valence-electron chi connectivity index (χ4n) is 4.09. The molecule has 6 heteroatoms. The van der Waals surface area contributed by atoms with Crippen molar-refractivity contribution in [2.75, 3.05) is 0 Å². The monoisotopic (exact) mass is 382 g/mol. The first kappa shape index (κ1) is 18.0. The van der Waals surface area contributed by atoms with Gasteiger partial charge in [-0.2, -0.15) is 5.10 Å². The second kappa shape index (κ2) is 7.69. The number of nitrogens with one attached hydrogen (secondary N) is 1. The predicted molar refractivity (Wildman–Crippen MR) is 106 cm³/mol. The third kappa shape index (κ3) is 3.83. The van der Waals surface area contributed by atoms with Crippen LogP contribution in [-0.2, 0) is 0 Å². The molecule has 1 aliphatic carbocycles. The zero-order valence-corrected chi connectivity index (χ0v) is 16.1. The summed E-state index contributed by atoms with van der Waals surface area (Å²) in [6.45, 7) is 2.11. The Morgan fingerprint density at radius 2 is 1.85 bits per heavy atom. The number of nitrogens with zero attached hydrogens (tertiary/aromatic N) is 3. The first-order chi connectivity index (χ1) is 13.1. The van der Waals surface area contributed by atoms with Gasteiger partial charge in [-0.3, -0.25) is 4.79 Å². The Labute approximate surface area is 163 Å². The number of aromatic nitrogens is 3. The van der Waals surface area contributed by atoms with E-state index in [0.29, 0.717) is 22.4 Å². The van der Waals surface area contributed by atoms with Crippen molar-refractivity contribution in [2.45, 2.75) is 44.6 Å². The molecule has 1 saturated carbocycles. The second-order valence-electron chi connectivity index (χ2n) is 7.35. The molecule has 0 unspecified atom stereocenters. The number of amides is 1. The van der Waals surface area contributed by atoms with Crippen LogP contribution in [0, 0.1) is 5.92 Å². The Morgan fingerprint density at radius 1 is 1.11 bits per heavy atom. The largest absolute Gasteiger partial charge is 0.349 e. The number of hydrogen-bond acceptors (Lipinski definition) is 3. The number of benzene rings is 1. The molecule has 3 aromatic rings. The molecule has 1 aliphatic rings. The lowest BCUT2D eigenvalue weighted by atomic mass is 9.77. The van der Waals surface area contributed by atoms with Crippen molar-refractivity contribution in [3.63, 3.8) is 0 Å². The maximum atomic E-state index is 12.4. The van der Waals surface area contributed by atoms with Crippen molar-refractivity contribution < 1.29 is 4.79 Å². The minimum atomic E-state index is -0.0336. The highest BCUT2D eigenvalue weighted by Gasteiger charge is 2.28. The number of carbonyl (C=O) groups is 1. The van der Waals surface area contributed by atoms with Crippen molar-refractivity contribution in [1.82, 2.24) is 19.9 Å². The number of carbonyl (C=O) groups excluding carboxylic acids is 1. The highest BCUT2D eigenvalue weighted by atomic mass is 35.5. The highest BCUT2D eigenvalue weighted by Crippen LogP contribution is 2.37. The fraction of sp³-hybridized carbons (Fsp3) is 0.381. The zero-order chi connectivity index (χ0) is 18.8. The van der Waals surface area contributed by atoms with Gasteiger partial charge in [0.05, 0.1) is 6.20 Å². The summed E-state index contributed by atoms with van der Waals surface area (Å²) in [4.78, 5) is 16.8. The minimum absolute atomic E-state index is 0.0336. The minimum Gasteiger partial charge on any atom is -0.349 e. The number of fused-ring (bicyclic) bond motifs is 1. The van der Waals surface area contributed by atoms with Gasteiger partial charge in [0, 0.05) is 40.5 Å². The van der Waals surface area contributed by atoms with E-state index in [1.807, 2.05) is 16.8 Å². The van der Waals surface area contributed by atoms with E-state index in [9.17, 15) is 4.79 Å². The summed E-state index contributed by atoms with van der Waals surface area (Å²) in [5, 5.41) is 8.21. The first-order valence-electron chi connectivity index (χ1n) is 9.47. The molecule has 1 N–H and O–H groups in total. The standard InChI is InChI=1S/C21H23ClN4O/c1-14(25-21(27)17-6-8-18(22)9-7-17)15-2-4-16(5-3-15)19-10-12-23-20-11-13-24-26(19)20/h6-16H,2-5H2,1H3,(H,25,27)/t14-,15?,16?/m1/s1. The van der Waals surface area contributed by atoms with E-state index < -0.39 is 0 Å². The average Bonchev–Trinajstić information content (AvgIpc) is 3.17. The van der Waals surface area contributed by atoms with E-state index in [2.05, 4.69) is 28.4 Å². The van der Waals surface area contributed by atoms with Gasteiger partial charge in [-0.05, 0) is 68.9 Å². The Balaban J connectivity index is 1.36. The normalized spacial score (nSPS) is 21.1. The smallest absolute Gasteiger partial charge is 0.251 e. The summed E-state index contributed by atoms with van der Waals surface area (Å²) in [7, 11) is 0. The molecule has 27 heavy (non-hydrogen) atoms. The molecule has 0 spiro atoms. The molecule has 1 aromatic carbocycles. The molecule has 0 aliphatic heterocycles. The van der Waals surface area contributed by atoms with Gasteiger partial charge >= 0.3 is 0 Å². The molecule has 1 atom stereocenters. The lowest BCUT2D eigenvalue weighted by Crippen LogP contribution is -2.39. The Hall–Kier alpha value is -2.40. The van der Waals surface area contributed by atoms with Crippen LogP contribution in [0.15, 0.2) is 48.8 Å². The molecule has 1 amide bonds. The van der Waals surface area contributed by atoms with Crippen molar-refractivity contribution in [2.24, 2.45) is 5.92 Å². The second-order valence-corrected chi connectivity index (χ2v) is 7.79. The third-order valence-electron chi connectivity index (χ3n) is 5.68. The molecule has 2 aromatic heterocycles. The van der Waals surface area contributed by atoms with Crippen molar-refractivity contribution in [3.8, 4) is 0 Å². The lowest BCUT2D eigenvalue weighted by molar-refractivity contribution is 0.0917. The molecule has 0 radical (unpaired) electrons. The van der Waals surface area contributed by atoms with Crippen LogP contribution < -0.4 is 5.32 Å². The Bertz CT molecular complexity index is 929. The van der Waals surface area contributed by atoms with Gasteiger partial charge in [0.25, 0.3) is 5.91 Å². The van der Waals surface area contributed by atoms with Crippen LogP contribution in [-0.4, -0.2) is 26.5 Å². The topological polar surface area (TPSA) is 59.3 Å².